The summed E-state index contributed by atoms with van der Waals surface area (Å²) in [4.78, 5) is 53.8. The van der Waals surface area contributed by atoms with E-state index in [-0.39, 0.29) is 47.3 Å². The van der Waals surface area contributed by atoms with Crippen molar-refractivity contribution >= 4 is 29.3 Å². The standard InChI is InChI=1S/C22H26N2O4/c1-23-19(25)14-6-5-7-15-13-17(11-10-16(12-14)20(23)26)22(28)24(21(15)27)18-8-3-2-4-9-18/h2-4,8-9,14-17H,5-7,10-13H2,1H3. The molecule has 4 bridgehead atoms. The maximum atomic E-state index is 13.1. The first-order valence-corrected chi connectivity index (χ1v) is 10.2. The monoisotopic (exact) mass is 382 g/mol. The molecule has 3 fully saturated rings. The average Bonchev–Trinajstić information content (AvgIpc) is 2.73. The Morgan fingerprint density at radius 3 is 1.71 bits per heavy atom. The van der Waals surface area contributed by atoms with Crippen LogP contribution in [0.4, 0.5) is 5.69 Å². The highest BCUT2D eigenvalue weighted by Crippen LogP contribution is 2.38. The Morgan fingerprint density at radius 2 is 1.14 bits per heavy atom. The van der Waals surface area contributed by atoms with E-state index in [1.165, 1.54) is 9.80 Å². The highest BCUT2D eigenvalue weighted by molar-refractivity contribution is 6.18. The van der Waals surface area contributed by atoms with Gasteiger partial charge in [-0.2, -0.15) is 0 Å². The van der Waals surface area contributed by atoms with Crippen molar-refractivity contribution in [2.24, 2.45) is 23.7 Å². The summed E-state index contributed by atoms with van der Waals surface area (Å²) >= 11 is 0. The zero-order chi connectivity index (χ0) is 19.8. The summed E-state index contributed by atoms with van der Waals surface area (Å²) < 4.78 is 0. The summed E-state index contributed by atoms with van der Waals surface area (Å²) in [5.74, 6) is -1.33. The van der Waals surface area contributed by atoms with E-state index in [9.17, 15) is 19.2 Å². The summed E-state index contributed by atoms with van der Waals surface area (Å²) in [6, 6.07) is 9.09. The molecule has 4 atom stereocenters. The van der Waals surface area contributed by atoms with Crippen molar-refractivity contribution in [2.45, 2.75) is 44.9 Å². The van der Waals surface area contributed by atoms with E-state index in [0.29, 0.717) is 44.2 Å². The van der Waals surface area contributed by atoms with Gasteiger partial charge < -0.3 is 0 Å². The fourth-order valence-electron chi connectivity index (χ4n) is 5.03. The minimum absolute atomic E-state index is 0.100. The van der Waals surface area contributed by atoms with E-state index < -0.39 is 0 Å². The molecule has 28 heavy (non-hydrogen) atoms. The Kier molecular flexibility index (Phi) is 5.04. The Balaban J connectivity index is 1.62. The van der Waals surface area contributed by atoms with Gasteiger partial charge in [-0.15, -0.1) is 0 Å². The second-order valence-electron chi connectivity index (χ2n) is 8.35. The molecule has 0 spiro atoms. The molecule has 0 radical (unpaired) electrons. The Labute approximate surface area is 164 Å². The van der Waals surface area contributed by atoms with Crippen molar-refractivity contribution in [3.05, 3.63) is 30.3 Å². The van der Waals surface area contributed by atoms with Crippen LogP contribution in [-0.4, -0.2) is 35.6 Å². The number of benzene rings is 1. The van der Waals surface area contributed by atoms with E-state index >= 15 is 0 Å². The zero-order valence-electron chi connectivity index (χ0n) is 16.2. The van der Waals surface area contributed by atoms with Crippen LogP contribution in [0.2, 0.25) is 0 Å². The molecule has 148 valence electrons. The summed E-state index contributed by atoms with van der Waals surface area (Å²) in [5.41, 5.74) is 0.617. The van der Waals surface area contributed by atoms with Crippen molar-refractivity contribution < 1.29 is 19.2 Å². The smallest absolute Gasteiger partial charge is 0.236 e. The molecular weight excluding hydrogens is 356 g/mol. The van der Waals surface area contributed by atoms with Crippen LogP contribution in [0.3, 0.4) is 0 Å². The first-order chi connectivity index (χ1) is 13.5. The molecule has 6 heteroatoms. The number of fused-ring (bicyclic) bond motifs is 4. The van der Waals surface area contributed by atoms with Crippen LogP contribution in [0.15, 0.2) is 30.3 Å². The van der Waals surface area contributed by atoms with Gasteiger partial charge in [-0.1, -0.05) is 24.6 Å². The molecule has 0 aromatic heterocycles. The number of carbonyl (C=O) groups excluding carboxylic acids is 4. The van der Waals surface area contributed by atoms with Crippen molar-refractivity contribution in [3.63, 3.8) is 0 Å². The largest absolute Gasteiger partial charge is 0.285 e. The maximum Gasteiger partial charge on any atom is 0.236 e. The number of para-hydroxylation sites is 1. The van der Waals surface area contributed by atoms with Gasteiger partial charge in [-0.3, -0.25) is 29.0 Å². The van der Waals surface area contributed by atoms with Gasteiger partial charge in [0.15, 0.2) is 0 Å². The second-order valence-corrected chi connectivity index (χ2v) is 8.35. The minimum atomic E-state index is -0.254. The quantitative estimate of drug-likeness (QED) is 0.700. The number of anilines is 1. The third kappa shape index (κ3) is 3.25. The number of carbonyl (C=O) groups is 4. The zero-order valence-corrected chi connectivity index (χ0v) is 16.2. The van der Waals surface area contributed by atoms with Crippen LogP contribution < -0.4 is 4.90 Å². The van der Waals surface area contributed by atoms with Crippen LogP contribution in [0.1, 0.15) is 44.9 Å². The van der Waals surface area contributed by atoms with Crippen molar-refractivity contribution in [1.82, 2.24) is 4.90 Å². The third-order valence-corrected chi connectivity index (χ3v) is 6.62. The SMILES string of the molecule is CN1C(=O)C2CCCC3CC(CCC(C2)C1=O)C(=O)N(c1ccccc1)C3=O. The predicted molar refractivity (Wildman–Crippen MR) is 103 cm³/mol. The number of hydrogen-bond acceptors (Lipinski definition) is 4. The van der Waals surface area contributed by atoms with Crippen LogP contribution in [0.5, 0.6) is 0 Å². The molecule has 1 aromatic carbocycles. The first kappa shape index (κ1) is 18.8. The van der Waals surface area contributed by atoms with Crippen LogP contribution in [0.25, 0.3) is 0 Å². The van der Waals surface area contributed by atoms with Crippen molar-refractivity contribution in [2.75, 3.05) is 11.9 Å². The third-order valence-electron chi connectivity index (χ3n) is 6.62. The first-order valence-electron chi connectivity index (χ1n) is 10.2. The Hall–Kier alpha value is -2.50. The van der Waals surface area contributed by atoms with Crippen LogP contribution in [-0.2, 0) is 19.2 Å². The molecule has 1 aliphatic carbocycles. The molecule has 2 aliphatic heterocycles. The number of piperidine rings is 2. The van der Waals surface area contributed by atoms with Gasteiger partial charge >= 0.3 is 0 Å². The van der Waals surface area contributed by atoms with Gasteiger partial charge in [-0.25, -0.2) is 0 Å². The lowest BCUT2D eigenvalue weighted by molar-refractivity contribution is -0.154. The van der Waals surface area contributed by atoms with Gasteiger partial charge in [-0.05, 0) is 50.7 Å². The minimum Gasteiger partial charge on any atom is -0.285 e. The van der Waals surface area contributed by atoms with E-state index in [1.807, 2.05) is 18.2 Å². The van der Waals surface area contributed by atoms with Gasteiger partial charge in [0, 0.05) is 30.7 Å². The number of likely N-dealkylation sites (tertiary alicyclic amines) is 1. The summed E-state index contributed by atoms with van der Waals surface area (Å²) in [6.07, 6.45) is 4.42. The molecule has 4 unspecified atom stereocenters. The number of nitrogens with zero attached hydrogens (tertiary/aromatic N) is 2. The number of rotatable bonds is 1. The Morgan fingerprint density at radius 1 is 0.679 bits per heavy atom. The molecule has 2 saturated heterocycles. The van der Waals surface area contributed by atoms with Gasteiger partial charge in [0.1, 0.15) is 0 Å². The van der Waals surface area contributed by atoms with E-state index in [4.69, 9.17) is 0 Å². The molecule has 4 rings (SSSR count). The van der Waals surface area contributed by atoms with Gasteiger partial charge in [0.05, 0.1) is 5.69 Å². The number of amides is 4. The second kappa shape index (κ2) is 7.49. The summed E-state index contributed by atoms with van der Waals surface area (Å²) in [5, 5.41) is 0. The Bertz CT molecular complexity index is 806. The van der Waals surface area contributed by atoms with Crippen LogP contribution in [0, 0.1) is 23.7 Å². The molecule has 3 aliphatic rings. The summed E-state index contributed by atoms with van der Waals surface area (Å²) in [6.45, 7) is 0. The molecule has 1 aromatic rings. The van der Waals surface area contributed by atoms with Crippen molar-refractivity contribution in [3.8, 4) is 0 Å². The molecule has 2 heterocycles. The molecular formula is C22H26N2O4. The summed E-state index contributed by atoms with van der Waals surface area (Å²) in [7, 11) is 1.56. The van der Waals surface area contributed by atoms with Crippen molar-refractivity contribution in [1.29, 1.82) is 0 Å². The number of imide groups is 2. The molecule has 6 nitrogen and oxygen atoms in total. The molecule has 0 N–H and O–H groups in total. The van der Waals surface area contributed by atoms with Crippen LogP contribution >= 0.6 is 0 Å². The lowest BCUT2D eigenvalue weighted by atomic mass is 9.80. The van der Waals surface area contributed by atoms with E-state index in [1.54, 1.807) is 19.2 Å². The lowest BCUT2D eigenvalue weighted by Crippen LogP contribution is -2.50. The predicted octanol–water partition coefficient (Wildman–Crippen LogP) is 2.77. The molecule has 1 saturated carbocycles. The normalized spacial score (nSPS) is 31.6. The lowest BCUT2D eigenvalue weighted by Gasteiger charge is -2.36. The average molecular weight is 382 g/mol. The highest BCUT2D eigenvalue weighted by Gasteiger charge is 2.44. The van der Waals surface area contributed by atoms with Gasteiger partial charge in [0.2, 0.25) is 23.6 Å². The topological polar surface area (TPSA) is 74.8 Å². The fourth-order valence-corrected chi connectivity index (χ4v) is 5.03. The van der Waals surface area contributed by atoms with E-state index in [0.717, 1.165) is 6.42 Å². The van der Waals surface area contributed by atoms with E-state index in [2.05, 4.69) is 0 Å². The fraction of sp³-hybridized carbons (Fsp3) is 0.545. The molecule has 4 amide bonds. The number of hydrogen-bond donors (Lipinski definition) is 0. The maximum absolute atomic E-state index is 13.1. The highest BCUT2D eigenvalue weighted by atomic mass is 16.2. The van der Waals surface area contributed by atoms with Gasteiger partial charge in [0.25, 0.3) is 0 Å².